The van der Waals surface area contributed by atoms with Gasteiger partial charge in [-0.3, -0.25) is 5.10 Å². The van der Waals surface area contributed by atoms with Gasteiger partial charge < -0.3 is 5.11 Å². The Kier molecular flexibility index (Phi) is 6.37. The summed E-state index contributed by atoms with van der Waals surface area (Å²) in [5.41, 5.74) is 8.65. The number of fused-ring (bicyclic) bond motifs is 1. The molecule has 2 N–H and O–H groups in total. The van der Waals surface area contributed by atoms with Crippen LogP contribution in [0.4, 0.5) is 0 Å². The summed E-state index contributed by atoms with van der Waals surface area (Å²) in [6, 6.07) is 22.9. The smallest absolute Gasteiger partial charge is 0.328 e. The van der Waals surface area contributed by atoms with Crippen LogP contribution in [-0.2, 0) is 4.79 Å². The first-order valence-electron chi connectivity index (χ1n) is 11.3. The molecule has 2 heterocycles. The van der Waals surface area contributed by atoms with E-state index < -0.39 is 5.97 Å². The van der Waals surface area contributed by atoms with E-state index in [9.17, 15) is 4.79 Å². The molecule has 0 aliphatic rings. The van der Waals surface area contributed by atoms with Gasteiger partial charge in [0.25, 0.3) is 0 Å². The lowest BCUT2D eigenvalue weighted by atomic mass is 9.87. The van der Waals surface area contributed by atoms with Crippen LogP contribution in [0.2, 0.25) is 0 Å². The SMILES string of the molecule is CCC(=C(c1ccc(C=CC(=O)O)cc1)c1ccc2[nH]ncc2c1)c1ccc(-c2nccs2)cc1. The van der Waals surface area contributed by atoms with Crippen molar-refractivity contribution in [1.29, 1.82) is 0 Å². The zero-order valence-electron chi connectivity index (χ0n) is 19.1. The van der Waals surface area contributed by atoms with Gasteiger partial charge in [0.05, 0.1) is 11.7 Å². The summed E-state index contributed by atoms with van der Waals surface area (Å²) in [4.78, 5) is 15.3. The van der Waals surface area contributed by atoms with E-state index >= 15 is 0 Å². The summed E-state index contributed by atoms with van der Waals surface area (Å²) >= 11 is 1.63. The fourth-order valence-electron chi connectivity index (χ4n) is 4.25. The number of nitrogens with one attached hydrogen (secondary N) is 1. The molecular weight excluding hydrogens is 454 g/mol. The van der Waals surface area contributed by atoms with Crippen molar-refractivity contribution in [2.75, 3.05) is 0 Å². The maximum absolute atomic E-state index is 10.9. The molecule has 2 aromatic heterocycles. The molecule has 0 radical (unpaired) electrons. The van der Waals surface area contributed by atoms with E-state index in [0.717, 1.165) is 61.8 Å². The van der Waals surface area contributed by atoms with Gasteiger partial charge in [0, 0.05) is 28.6 Å². The number of allylic oxidation sites excluding steroid dienone is 1. The molecular formula is C29H23N3O2S. The molecule has 0 atom stereocenters. The second-order valence-corrected chi connectivity index (χ2v) is 8.98. The molecule has 35 heavy (non-hydrogen) atoms. The molecule has 0 spiro atoms. The highest BCUT2D eigenvalue weighted by Crippen LogP contribution is 2.36. The normalized spacial score (nSPS) is 12.3. The van der Waals surface area contributed by atoms with Crippen molar-refractivity contribution in [2.45, 2.75) is 13.3 Å². The third-order valence-corrected chi connectivity index (χ3v) is 6.74. The average Bonchev–Trinajstić information content (AvgIpc) is 3.59. The topological polar surface area (TPSA) is 78.9 Å². The van der Waals surface area contributed by atoms with Gasteiger partial charge in [-0.1, -0.05) is 61.5 Å². The summed E-state index contributed by atoms with van der Waals surface area (Å²) in [6.07, 6.45) is 7.26. The largest absolute Gasteiger partial charge is 0.478 e. The van der Waals surface area contributed by atoms with E-state index in [1.807, 2.05) is 29.9 Å². The van der Waals surface area contributed by atoms with E-state index in [4.69, 9.17) is 5.11 Å². The number of rotatable bonds is 7. The first-order chi connectivity index (χ1) is 17.1. The lowest BCUT2D eigenvalue weighted by Crippen LogP contribution is -1.96. The first kappa shape index (κ1) is 22.5. The van der Waals surface area contributed by atoms with E-state index in [1.165, 1.54) is 5.57 Å². The molecule has 0 saturated heterocycles. The molecule has 0 bridgehead atoms. The van der Waals surface area contributed by atoms with Crippen LogP contribution in [0.3, 0.4) is 0 Å². The highest BCUT2D eigenvalue weighted by atomic mass is 32.1. The monoisotopic (exact) mass is 477 g/mol. The zero-order chi connectivity index (χ0) is 24.2. The number of carboxylic acid groups (broad SMARTS) is 1. The maximum atomic E-state index is 10.9. The van der Waals surface area contributed by atoms with Crippen molar-refractivity contribution in [3.05, 3.63) is 113 Å². The van der Waals surface area contributed by atoms with Crippen LogP contribution < -0.4 is 0 Å². The van der Waals surface area contributed by atoms with Gasteiger partial charge in [-0.2, -0.15) is 5.10 Å². The van der Waals surface area contributed by atoms with Gasteiger partial charge in [-0.15, -0.1) is 11.3 Å². The van der Waals surface area contributed by atoms with Crippen LogP contribution in [0, 0.1) is 0 Å². The van der Waals surface area contributed by atoms with Crippen molar-refractivity contribution >= 4 is 45.4 Å². The standard InChI is InChI=1S/C29H23N3O2S/c1-2-25(20-8-10-22(11-9-20)29-30-15-16-35-29)28(23-12-13-26-24(17-23)18-31-32-26)21-6-3-19(4-7-21)5-14-27(33)34/h3-18H,2H2,1H3,(H,31,32)(H,33,34). The summed E-state index contributed by atoms with van der Waals surface area (Å²) < 4.78 is 0. The zero-order valence-corrected chi connectivity index (χ0v) is 19.9. The molecule has 3 aromatic carbocycles. The van der Waals surface area contributed by atoms with Gasteiger partial charge in [-0.25, -0.2) is 9.78 Å². The van der Waals surface area contributed by atoms with Crippen LogP contribution >= 0.6 is 11.3 Å². The van der Waals surface area contributed by atoms with Gasteiger partial charge in [0.1, 0.15) is 5.01 Å². The quantitative estimate of drug-likeness (QED) is 0.193. The predicted octanol–water partition coefficient (Wildman–Crippen LogP) is 7.15. The third kappa shape index (κ3) is 4.83. The minimum absolute atomic E-state index is 0.839. The van der Waals surface area contributed by atoms with E-state index in [-0.39, 0.29) is 0 Å². The molecule has 0 aliphatic heterocycles. The van der Waals surface area contributed by atoms with E-state index in [2.05, 4.69) is 76.7 Å². The average molecular weight is 478 g/mol. The second-order valence-electron chi connectivity index (χ2n) is 8.09. The van der Waals surface area contributed by atoms with Crippen LogP contribution in [0.1, 0.15) is 35.6 Å². The molecule has 0 amide bonds. The summed E-state index contributed by atoms with van der Waals surface area (Å²) in [5, 5.41) is 20.2. The predicted molar refractivity (Wildman–Crippen MR) is 143 cm³/mol. The van der Waals surface area contributed by atoms with Gasteiger partial charge >= 0.3 is 5.97 Å². The molecule has 0 unspecified atom stereocenters. The Morgan fingerprint density at radius 2 is 1.74 bits per heavy atom. The van der Waals surface area contributed by atoms with Crippen LogP contribution in [0.5, 0.6) is 0 Å². The molecule has 0 fully saturated rings. The highest BCUT2D eigenvalue weighted by Gasteiger charge is 2.14. The minimum atomic E-state index is -0.961. The Labute approximate surface area is 207 Å². The van der Waals surface area contributed by atoms with Gasteiger partial charge in [0.15, 0.2) is 0 Å². The number of nitrogens with zero attached hydrogens (tertiary/aromatic N) is 2. The van der Waals surface area contributed by atoms with E-state index in [1.54, 1.807) is 17.4 Å². The van der Waals surface area contributed by atoms with Crippen molar-refractivity contribution in [3.8, 4) is 10.6 Å². The second kappa shape index (κ2) is 9.91. The van der Waals surface area contributed by atoms with Crippen molar-refractivity contribution in [3.63, 3.8) is 0 Å². The number of hydrogen-bond acceptors (Lipinski definition) is 4. The Bertz CT molecular complexity index is 1530. The number of aromatic nitrogens is 3. The molecule has 0 aliphatic carbocycles. The van der Waals surface area contributed by atoms with Crippen molar-refractivity contribution in [2.24, 2.45) is 0 Å². The number of H-pyrrole nitrogens is 1. The number of thiazole rings is 1. The molecule has 5 aromatic rings. The van der Waals surface area contributed by atoms with Crippen LogP contribution in [0.15, 0.2) is 90.6 Å². The molecule has 0 saturated carbocycles. The van der Waals surface area contributed by atoms with E-state index in [0.29, 0.717) is 0 Å². The Balaban J connectivity index is 1.64. The number of benzene rings is 3. The van der Waals surface area contributed by atoms with Gasteiger partial charge in [-0.05, 0) is 58.0 Å². The summed E-state index contributed by atoms with van der Waals surface area (Å²) in [7, 11) is 0. The third-order valence-electron chi connectivity index (χ3n) is 5.91. The lowest BCUT2D eigenvalue weighted by molar-refractivity contribution is -0.131. The van der Waals surface area contributed by atoms with Crippen molar-refractivity contribution in [1.82, 2.24) is 15.2 Å². The molecule has 5 rings (SSSR count). The maximum Gasteiger partial charge on any atom is 0.328 e. The fraction of sp³-hybridized carbons (Fsp3) is 0.0690. The Morgan fingerprint density at radius 3 is 2.43 bits per heavy atom. The molecule has 5 nitrogen and oxygen atoms in total. The number of aromatic amines is 1. The molecule has 6 heteroatoms. The Morgan fingerprint density at radius 1 is 1.00 bits per heavy atom. The van der Waals surface area contributed by atoms with Gasteiger partial charge in [0.2, 0.25) is 0 Å². The number of carbonyl (C=O) groups is 1. The molecule has 172 valence electrons. The number of hydrogen-bond donors (Lipinski definition) is 2. The Hall–Kier alpha value is -4.29. The minimum Gasteiger partial charge on any atom is -0.478 e. The first-order valence-corrected chi connectivity index (χ1v) is 12.2. The fourth-order valence-corrected chi connectivity index (χ4v) is 4.89. The van der Waals surface area contributed by atoms with Crippen LogP contribution in [-0.4, -0.2) is 26.3 Å². The summed E-state index contributed by atoms with van der Waals surface area (Å²) in [5.74, 6) is -0.961. The van der Waals surface area contributed by atoms with Crippen LogP contribution in [0.25, 0.3) is 38.7 Å². The van der Waals surface area contributed by atoms with Crippen molar-refractivity contribution < 1.29 is 9.90 Å². The highest BCUT2D eigenvalue weighted by molar-refractivity contribution is 7.13. The lowest BCUT2D eigenvalue weighted by Gasteiger charge is -2.17. The summed E-state index contributed by atoms with van der Waals surface area (Å²) in [6.45, 7) is 2.17. The number of aliphatic carboxylic acids is 1. The number of carboxylic acids is 1.